The maximum atomic E-state index is 13.7. The van der Waals surface area contributed by atoms with Crippen LogP contribution >= 0.6 is 0 Å². The summed E-state index contributed by atoms with van der Waals surface area (Å²) in [6, 6.07) is 10.8. The van der Waals surface area contributed by atoms with Crippen molar-refractivity contribution < 1.29 is 27.1 Å². The fraction of sp³-hybridized carbons (Fsp3) is 0.435. The highest BCUT2D eigenvalue weighted by atomic mass is 32.2. The van der Waals surface area contributed by atoms with E-state index in [2.05, 4.69) is 0 Å². The summed E-state index contributed by atoms with van der Waals surface area (Å²) in [5, 5.41) is 0. The second kappa shape index (κ2) is 8.80. The molecule has 2 aliphatic heterocycles. The molecule has 7 nitrogen and oxygen atoms in total. The molecule has 0 saturated carbocycles. The van der Waals surface area contributed by atoms with Gasteiger partial charge in [0.1, 0.15) is 17.3 Å². The zero-order chi connectivity index (χ0) is 22.9. The van der Waals surface area contributed by atoms with Crippen LogP contribution in [0.1, 0.15) is 35.7 Å². The Kier molecular flexibility index (Phi) is 6.24. The fourth-order valence-corrected chi connectivity index (χ4v) is 6.14. The number of hydrogen-bond donors (Lipinski definition) is 0. The number of nitrogens with zero attached hydrogens (tertiary/aromatic N) is 2. The number of rotatable bonds is 5. The molecule has 1 amide bonds. The van der Waals surface area contributed by atoms with Crippen molar-refractivity contribution in [3.05, 3.63) is 59.4 Å². The van der Waals surface area contributed by atoms with Crippen molar-refractivity contribution in [2.24, 2.45) is 0 Å². The maximum Gasteiger partial charge on any atom is 0.253 e. The molecule has 2 aliphatic rings. The minimum atomic E-state index is -3.86. The zero-order valence-electron chi connectivity index (χ0n) is 18.2. The van der Waals surface area contributed by atoms with Crippen LogP contribution in [-0.4, -0.2) is 62.1 Å². The molecule has 2 aromatic rings. The molecule has 9 heteroatoms. The van der Waals surface area contributed by atoms with Crippen molar-refractivity contribution >= 4 is 15.9 Å². The van der Waals surface area contributed by atoms with Crippen molar-refractivity contribution in [1.82, 2.24) is 9.21 Å². The van der Waals surface area contributed by atoms with E-state index in [-0.39, 0.29) is 29.5 Å². The van der Waals surface area contributed by atoms with E-state index in [1.807, 2.05) is 6.92 Å². The van der Waals surface area contributed by atoms with Gasteiger partial charge < -0.3 is 14.4 Å². The number of halogens is 1. The predicted octanol–water partition coefficient (Wildman–Crippen LogP) is 3.19. The Morgan fingerprint density at radius 1 is 1.12 bits per heavy atom. The van der Waals surface area contributed by atoms with E-state index in [1.165, 1.54) is 29.4 Å². The van der Waals surface area contributed by atoms with Gasteiger partial charge in [-0.25, -0.2) is 12.8 Å². The first-order chi connectivity index (χ1) is 15.3. The standard InChI is InChI=1S/C23H27FN2O5S/c1-3-30-19-6-4-18(5-7-19)22(27)25-12-10-23(11-13-25)26(14-15-31-23)32(28,29)20-8-9-21(24)17(2)16-20/h4-9,16H,3,10-15H2,1-2H3. The number of likely N-dealkylation sites (tertiary alicyclic amines) is 1. The second-order valence-corrected chi connectivity index (χ2v) is 9.89. The molecule has 2 saturated heterocycles. The van der Waals surface area contributed by atoms with Gasteiger partial charge in [-0.05, 0) is 61.9 Å². The second-order valence-electron chi connectivity index (χ2n) is 8.03. The lowest BCUT2D eigenvalue weighted by Gasteiger charge is -2.42. The predicted molar refractivity (Wildman–Crippen MR) is 116 cm³/mol. The Hall–Kier alpha value is -2.49. The lowest BCUT2D eigenvalue weighted by atomic mass is 10.00. The van der Waals surface area contributed by atoms with Crippen LogP contribution < -0.4 is 4.74 Å². The Labute approximate surface area is 187 Å². The number of sulfonamides is 1. The van der Waals surface area contributed by atoms with E-state index in [9.17, 15) is 17.6 Å². The molecule has 2 fully saturated rings. The molecule has 1 spiro atoms. The fourth-order valence-electron chi connectivity index (χ4n) is 4.33. The summed E-state index contributed by atoms with van der Waals surface area (Å²) in [5.41, 5.74) is -0.157. The first kappa shape index (κ1) is 22.7. The van der Waals surface area contributed by atoms with E-state index in [4.69, 9.17) is 9.47 Å². The number of piperidine rings is 1. The van der Waals surface area contributed by atoms with Crippen molar-refractivity contribution in [1.29, 1.82) is 0 Å². The molecule has 0 unspecified atom stereocenters. The van der Waals surface area contributed by atoms with Gasteiger partial charge in [0.25, 0.3) is 5.91 Å². The number of aryl methyl sites for hydroxylation is 1. The molecule has 0 bridgehead atoms. The van der Waals surface area contributed by atoms with E-state index in [0.717, 1.165) is 0 Å². The van der Waals surface area contributed by atoms with Gasteiger partial charge in [0, 0.05) is 38.0 Å². The molecule has 0 aliphatic carbocycles. The minimum absolute atomic E-state index is 0.0502. The summed E-state index contributed by atoms with van der Waals surface area (Å²) in [4.78, 5) is 14.7. The van der Waals surface area contributed by atoms with Gasteiger partial charge in [0.2, 0.25) is 10.0 Å². The van der Waals surface area contributed by atoms with Gasteiger partial charge in [0.15, 0.2) is 0 Å². The van der Waals surface area contributed by atoms with E-state index in [0.29, 0.717) is 43.9 Å². The van der Waals surface area contributed by atoms with Crippen LogP contribution in [0.4, 0.5) is 4.39 Å². The summed E-state index contributed by atoms with van der Waals surface area (Å²) >= 11 is 0. The van der Waals surface area contributed by atoms with Gasteiger partial charge in [-0.15, -0.1) is 0 Å². The zero-order valence-corrected chi connectivity index (χ0v) is 19.0. The Balaban J connectivity index is 1.49. The molecule has 4 rings (SSSR count). The molecule has 0 N–H and O–H groups in total. The Morgan fingerprint density at radius 3 is 2.44 bits per heavy atom. The molecule has 172 valence electrons. The third-order valence-electron chi connectivity index (χ3n) is 6.08. The molecular weight excluding hydrogens is 435 g/mol. The van der Waals surface area contributed by atoms with E-state index in [1.54, 1.807) is 29.2 Å². The highest BCUT2D eigenvalue weighted by Crippen LogP contribution is 2.38. The SMILES string of the molecule is CCOc1ccc(C(=O)N2CCC3(CC2)OCCN3S(=O)(=O)c2ccc(F)c(C)c2)cc1. The van der Waals surface area contributed by atoms with Gasteiger partial charge in [-0.1, -0.05) is 0 Å². The maximum absolute atomic E-state index is 13.7. The number of hydrogen-bond acceptors (Lipinski definition) is 5. The third-order valence-corrected chi connectivity index (χ3v) is 8.03. The molecule has 32 heavy (non-hydrogen) atoms. The van der Waals surface area contributed by atoms with Crippen LogP contribution in [0, 0.1) is 12.7 Å². The van der Waals surface area contributed by atoms with Crippen molar-refractivity contribution in [2.45, 2.75) is 37.3 Å². The molecular formula is C23H27FN2O5S. The molecule has 2 aromatic carbocycles. The van der Waals surface area contributed by atoms with Crippen molar-refractivity contribution in [2.75, 3.05) is 32.8 Å². The normalized spacial score (nSPS) is 18.8. The first-order valence-corrected chi connectivity index (χ1v) is 12.2. The van der Waals surface area contributed by atoms with E-state index >= 15 is 0 Å². The summed E-state index contributed by atoms with van der Waals surface area (Å²) in [5.74, 6) is 0.153. The van der Waals surface area contributed by atoms with Crippen LogP contribution in [0.5, 0.6) is 5.75 Å². The Morgan fingerprint density at radius 2 is 1.81 bits per heavy atom. The molecule has 0 radical (unpaired) electrons. The lowest BCUT2D eigenvalue weighted by molar-refractivity contribution is -0.0857. The number of ether oxygens (including phenoxy) is 2. The van der Waals surface area contributed by atoms with Crippen LogP contribution in [0.2, 0.25) is 0 Å². The topological polar surface area (TPSA) is 76.2 Å². The molecule has 0 aromatic heterocycles. The van der Waals surface area contributed by atoms with E-state index < -0.39 is 21.6 Å². The van der Waals surface area contributed by atoms with Gasteiger partial charge in [0.05, 0.1) is 18.1 Å². The van der Waals surface area contributed by atoms with Gasteiger partial charge in [-0.2, -0.15) is 4.31 Å². The number of amides is 1. The lowest BCUT2D eigenvalue weighted by Crippen LogP contribution is -2.55. The van der Waals surface area contributed by atoms with Crippen LogP contribution in [-0.2, 0) is 14.8 Å². The van der Waals surface area contributed by atoms with Crippen LogP contribution in [0.15, 0.2) is 47.4 Å². The average molecular weight is 463 g/mol. The van der Waals surface area contributed by atoms with Crippen molar-refractivity contribution in [3.63, 3.8) is 0 Å². The van der Waals surface area contributed by atoms with Crippen LogP contribution in [0.3, 0.4) is 0 Å². The molecule has 2 heterocycles. The highest BCUT2D eigenvalue weighted by Gasteiger charge is 2.51. The number of carbonyl (C=O) groups is 1. The molecule has 0 atom stereocenters. The smallest absolute Gasteiger partial charge is 0.253 e. The first-order valence-electron chi connectivity index (χ1n) is 10.7. The Bertz CT molecular complexity index is 1100. The summed E-state index contributed by atoms with van der Waals surface area (Å²) in [6.07, 6.45) is 0.740. The monoisotopic (exact) mass is 462 g/mol. The van der Waals surface area contributed by atoms with Gasteiger partial charge >= 0.3 is 0 Å². The van der Waals surface area contributed by atoms with Crippen molar-refractivity contribution in [3.8, 4) is 5.75 Å². The summed E-state index contributed by atoms with van der Waals surface area (Å²) in [6.45, 7) is 5.25. The minimum Gasteiger partial charge on any atom is -0.494 e. The largest absolute Gasteiger partial charge is 0.494 e. The number of carbonyl (C=O) groups excluding carboxylic acids is 1. The quantitative estimate of drug-likeness (QED) is 0.682. The van der Waals surface area contributed by atoms with Crippen LogP contribution in [0.25, 0.3) is 0 Å². The third kappa shape index (κ3) is 4.12. The highest BCUT2D eigenvalue weighted by molar-refractivity contribution is 7.89. The summed E-state index contributed by atoms with van der Waals surface area (Å²) in [7, 11) is -3.86. The number of benzene rings is 2. The summed E-state index contributed by atoms with van der Waals surface area (Å²) < 4.78 is 53.1. The average Bonchev–Trinajstić information content (AvgIpc) is 3.20. The van der Waals surface area contributed by atoms with Gasteiger partial charge in [-0.3, -0.25) is 4.79 Å².